The summed E-state index contributed by atoms with van der Waals surface area (Å²) in [5.74, 6) is -0.00609. The molecule has 2 aromatic rings. The van der Waals surface area contributed by atoms with Gasteiger partial charge in [0.1, 0.15) is 0 Å². The largest absolute Gasteiger partial charge is 0.399 e. The molecule has 0 spiro atoms. The molecule has 120 valence electrons. The number of amides is 1. The predicted octanol–water partition coefficient (Wildman–Crippen LogP) is 1.87. The minimum Gasteiger partial charge on any atom is -0.399 e. The van der Waals surface area contributed by atoms with Gasteiger partial charge in [0.2, 0.25) is 0 Å². The highest BCUT2D eigenvalue weighted by molar-refractivity contribution is 5.94. The fourth-order valence-corrected chi connectivity index (χ4v) is 2.99. The zero-order chi connectivity index (χ0) is 16.3. The number of hydrogen-bond donors (Lipinski definition) is 2. The molecule has 1 aromatic heterocycles. The topological polar surface area (TPSA) is 79.5 Å². The highest BCUT2D eigenvalue weighted by Gasteiger charge is 2.34. The van der Waals surface area contributed by atoms with Crippen molar-refractivity contribution < 1.29 is 9.90 Å². The molecule has 1 fully saturated rings. The molecule has 1 aliphatic rings. The minimum atomic E-state index is -0.763. The van der Waals surface area contributed by atoms with E-state index in [1.165, 1.54) is 0 Å². The number of rotatable bonds is 3. The van der Waals surface area contributed by atoms with Gasteiger partial charge in [0.25, 0.3) is 5.91 Å². The lowest BCUT2D eigenvalue weighted by Crippen LogP contribution is -2.47. The highest BCUT2D eigenvalue weighted by Crippen LogP contribution is 2.27. The van der Waals surface area contributed by atoms with E-state index in [2.05, 4.69) is 4.98 Å². The van der Waals surface area contributed by atoms with E-state index >= 15 is 0 Å². The molecule has 1 aliphatic heterocycles. The fourth-order valence-electron chi connectivity index (χ4n) is 2.99. The maximum atomic E-state index is 12.5. The van der Waals surface area contributed by atoms with Crippen LogP contribution in [0.2, 0.25) is 0 Å². The van der Waals surface area contributed by atoms with Crippen molar-refractivity contribution in [3.63, 3.8) is 0 Å². The Morgan fingerprint density at radius 2 is 1.91 bits per heavy atom. The van der Waals surface area contributed by atoms with E-state index in [4.69, 9.17) is 5.73 Å². The van der Waals surface area contributed by atoms with Gasteiger partial charge in [0.05, 0.1) is 5.60 Å². The first-order valence-corrected chi connectivity index (χ1v) is 7.82. The van der Waals surface area contributed by atoms with Gasteiger partial charge in [-0.3, -0.25) is 9.78 Å². The highest BCUT2D eigenvalue weighted by atomic mass is 16.3. The summed E-state index contributed by atoms with van der Waals surface area (Å²) in [6.07, 6.45) is 5.22. The average Bonchev–Trinajstić information content (AvgIpc) is 2.56. The Hall–Kier alpha value is -2.40. The second-order valence-electron chi connectivity index (χ2n) is 6.18. The Morgan fingerprint density at radius 3 is 2.52 bits per heavy atom. The Bertz CT molecular complexity index is 662. The number of benzene rings is 1. The van der Waals surface area contributed by atoms with Crippen molar-refractivity contribution in [1.29, 1.82) is 0 Å². The fraction of sp³-hybridized carbons (Fsp3) is 0.333. The molecular formula is C18H21N3O2. The number of hydrogen-bond acceptors (Lipinski definition) is 4. The van der Waals surface area contributed by atoms with Crippen molar-refractivity contribution in [2.45, 2.75) is 24.9 Å². The van der Waals surface area contributed by atoms with Crippen LogP contribution in [-0.2, 0) is 6.42 Å². The summed E-state index contributed by atoms with van der Waals surface area (Å²) in [6, 6.07) is 10.8. The molecule has 5 heteroatoms. The molecule has 1 saturated heterocycles. The minimum absolute atomic E-state index is 0.00609. The second kappa shape index (κ2) is 6.38. The number of anilines is 1. The van der Waals surface area contributed by atoms with Gasteiger partial charge < -0.3 is 15.7 Å². The van der Waals surface area contributed by atoms with Crippen LogP contribution in [0.5, 0.6) is 0 Å². The number of carbonyl (C=O) groups is 1. The molecule has 2 heterocycles. The van der Waals surface area contributed by atoms with Crippen LogP contribution in [-0.4, -0.2) is 39.6 Å². The maximum absolute atomic E-state index is 12.5. The quantitative estimate of drug-likeness (QED) is 0.848. The summed E-state index contributed by atoms with van der Waals surface area (Å²) in [5, 5.41) is 10.7. The summed E-state index contributed by atoms with van der Waals surface area (Å²) in [5.41, 5.74) is 7.19. The first-order valence-electron chi connectivity index (χ1n) is 7.82. The van der Waals surface area contributed by atoms with E-state index in [1.54, 1.807) is 41.6 Å². The number of aromatic nitrogens is 1. The standard InChI is InChI=1S/C18H21N3O2/c19-16-5-3-15(4-6-16)17(22)21-10-7-18(23,8-11-21)12-14-2-1-9-20-13-14/h1-6,9,13,23H,7-8,10-12,19H2. The molecule has 0 bridgehead atoms. The van der Waals surface area contributed by atoms with Crippen molar-refractivity contribution in [3.05, 3.63) is 59.9 Å². The van der Waals surface area contributed by atoms with E-state index < -0.39 is 5.60 Å². The molecule has 23 heavy (non-hydrogen) atoms. The normalized spacial score (nSPS) is 17.0. The van der Waals surface area contributed by atoms with Gasteiger partial charge in [-0.1, -0.05) is 6.07 Å². The zero-order valence-electron chi connectivity index (χ0n) is 13.0. The van der Waals surface area contributed by atoms with Gasteiger partial charge >= 0.3 is 0 Å². The van der Waals surface area contributed by atoms with E-state index in [9.17, 15) is 9.90 Å². The van der Waals surface area contributed by atoms with E-state index in [0.717, 1.165) is 5.56 Å². The number of aliphatic hydroxyl groups is 1. The van der Waals surface area contributed by atoms with Crippen molar-refractivity contribution in [3.8, 4) is 0 Å². The molecular weight excluding hydrogens is 290 g/mol. The van der Waals surface area contributed by atoms with Gasteiger partial charge in [-0.2, -0.15) is 0 Å². The predicted molar refractivity (Wildman–Crippen MR) is 88.9 cm³/mol. The van der Waals surface area contributed by atoms with Crippen molar-refractivity contribution in [1.82, 2.24) is 9.88 Å². The Labute approximate surface area is 135 Å². The van der Waals surface area contributed by atoms with Crippen LogP contribution in [0, 0.1) is 0 Å². The molecule has 1 aromatic carbocycles. The Morgan fingerprint density at radius 1 is 1.22 bits per heavy atom. The zero-order valence-corrected chi connectivity index (χ0v) is 13.0. The van der Waals surface area contributed by atoms with Gasteiger partial charge in [-0.05, 0) is 48.7 Å². The van der Waals surface area contributed by atoms with Crippen molar-refractivity contribution in [2.75, 3.05) is 18.8 Å². The summed E-state index contributed by atoms with van der Waals surface area (Å²) in [7, 11) is 0. The van der Waals surface area contributed by atoms with Gasteiger partial charge in [-0.25, -0.2) is 0 Å². The van der Waals surface area contributed by atoms with Crippen LogP contribution in [0.25, 0.3) is 0 Å². The summed E-state index contributed by atoms with van der Waals surface area (Å²) >= 11 is 0. The third kappa shape index (κ3) is 3.68. The third-order valence-electron chi connectivity index (χ3n) is 4.39. The molecule has 0 atom stereocenters. The van der Waals surface area contributed by atoms with Gasteiger partial charge in [0.15, 0.2) is 0 Å². The molecule has 3 rings (SSSR count). The average molecular weight is 311 g/mol. The lowest BCUT2D eigenvalue weighted by molar-refractivity contribution is -0.0162. The van der Waals surface area contributed by atoms with Crippen LogP contribution in [0.1, 0.15) is 28.8 Å². The SMILES string of the molecule is Nc1ccc(C(=O)N2CCC(O)(Cc3cccnc3)CC2)cc1. The number of nitrogens with two attached hydrogens (primary N) is 1. The van der Waals surface area contributed by atoms with Crippen LogP contribution < -0.4 is 5.73 Å². The van der Waals surface area contributed by atoms with Crippen molar-refractivity contribution >= 4 is 11.6 Å². The number of nitrogens with zero attached hydrogens (tertiary/aromatic N) is 2. The molecule has 0 radical (unpaired) electrons. The summed E-state index contributed by atoms with van der Waals surface area (Å²) in [6.45, 7) is 1.11. The van der Waals surface area contributed by atoms with E-state index in [1.807, 2.05) is 12.1 Å². The molecule has 5 nitrogen and oxygen atoms in total. The Balaban J connectivity index is 1.61. The molecule has 3 N–H and O–H groups in total. The third-order valence-corrected chi connectivity index (χ3v) is 4.39. The summed E-state index contributed by atoms with van der Waals surface area (Å²) in [4.78, 5) is 18.4. The first-order chi connectivity index (χ1) is 11.1. The number of likely N-dealkylation sites (tertiary alicyclic amines) is 1. The van der Waals surface area contributed by atoms with E-state index in [-0.39, 0.29) is 5.91 Å². The Kier molecular flexibility index (Phi) is 4.30. The van der Waals surface area contributed by atoms with E-state index in [0.29, 0.717) is 43.6 Å². The van der Waals surface area contributed by atoms with Crippen LogP contribution in [0.4, 0.5) is 5.69 Å². The molecule has 1 amide bonds. The maximum Gasteiger partial charge on any atom is 0.253 e. The molecule has 0 unspecified atom stereocenters. The monoisotopic (exact) mass is 311 g/mol. The van der Waals surface area contributed by atoms with Crippen LogP contribution in [0.15, 0.2) is 48.8 Å². The van der Waals surface area contributed by atoms with Gasteiger partial charge in [0, 0.05) is 43.2 Å². The number of nitrogen functional groups attached to an aromatic ring is 1. The van der Waals surface area contributed by atoms with Crippen LogP contribution in [0.3, 0.4) is 0 Å². The second-order valence-corrected chi connectivity index (χ2v) is 6.18. The number of piperidine rings is 1. The number of pyridine rings is 1. The van der Waals surface area contributed by atoms with Crippen molar-refractivity contribution in [2.24, 2.45) is 0 Å². The number of carbonyl (C=O) groups excluding carboxylic acids is 1. The first kappa shape index (κ1) is 15.5. The molecule has 0 saturated carbocycles. The lowest BCUT2D eigenvalue weighted by Gasteiger charge is -2.38. The van der Waals surface area contributed by atoms with Gasteiger partial charge in [-0.15, -0.1) is 0 Å². The lowest BCUT2D eigenvalue weighted by atomic mass is 9.85. The smallest absolute Gasteiger partial charge is 0.253 e. The molecule has 0 aliphatic carbocycles. The van der Waals surface area contributed by atoms with Crippen LogP contribution >= 0.6 is 0 Å². The summed E-state index contributed by atoms with van der Waals surface area (Å²) < 4.78 is 0.